The van der Waals surface area contributed by atoms with Crippen LogP contribution < -0.4 is 5.32 Å². The molecule has 0 atom stereocenters. The van der Waals surface area contributed by atoms with Crippen molar-refractivity contribution >= 4 is 35.0 Å². The molecule has 1 saturated heterocycles. The van der Waals surface area contributed by atoms with Crippen molar-refractivity contribution in [2.24, 2.45) is 0 Å². The van der Waals surface area contributed by atoms with Crippen molar-refractivity contribution in [2.45, 2.75) is 25.7 Å². The van der Waals surface area contributed by atoms with E-state index in [-0.39, 0.29) is 37.0 Å². The van der Waals surface area contributed by atoms with Gasteiger partial charge in [0.25, 0.3) is 0 Å². The Labute approximate surface area is 121 Å². The van der Waals surface area contributed by atoms with Gasteiger partial charge in [-0.15, -0.1) is 0 Å². The largest absolute Gasteiger partial charge is 0.326 e. The number of carbonyl (C=O) groups excluding carboxylic acids is 3. The van der Waals surface area contributed by atoms with Gasteiger partial charge in [-0.25, -0.2) is 0 Å². The molecule has 1 aromatic rings. The minimum Gasteiger partial charge on any atom is -0.326 e. The molecule has 1 aliphatic rings. The first-order valence-electron chi connectivity index (χ1n) is 6.45. The van der Waals surface area contributed by atoms with Gasteiger partial charge in [0.2, 0.25) is 17.7 Å². The zero-order valence-corrected chi connectivity index (χ0v) is 11.7. The average molecular weight is 295 g/mol. The van der Waals surface area contributed by atoms with Crippen LogP contribution in [-0.4, -0.2) is 29.2 Å². The summed E-state index contributed by atoms with van der Waals surface area (Å²) in [5, 5.41) is 3.27. The number of nitrogens with zero attached hydrogens (tertiary/aromatic N) is 1. The maximum Gasteiger partial charge on any atom is 0.229 e. The number of amides is 3. The summed E-state index contributed by atoms with van der Waals surface area (Å²) in [7, 11) is 0. The van der Waals surface area contributed by atoms with Crippen molar-refractivity contribution < 1.29 is 14.4 Å². The number of imide groups is 1. The second-order valence-electron chi connectivity index (χ2n) is 4.60. The van der Waals surface area contributed by atoms with Gasteiger partial charge in [0.05, 0.1) is 0 Å². The topological polar surface area (TPSA) is 66.5 Å². The maximum absolute atomic E-state index is 11.7. The van der Waals surface area contributed by atoms with Gasteiger partial charge in [0.1, 0.15) is 0 Å². The van der Waals surface area contributed by atoms with Crippen molar-refractivity contribution in [1.29, 1.82) is 0 Å². The van der Waals surface area contributed by atoms with E-state index in [0.717, 1.165) is 0 Å². The molecule has 20 heavy (non-hydrogen) atoms. The number of benzene rings is 1. The molecule has 0 radical (unpaired) electrons. The van der Waals surface area contributed by atoms with E-state index in [4.69, 9.17) is 11.6 Å². The van der Waals surface area contributed by atoms with Crippen molar-refractivity contribution in [3.05, 3.63) is 29.3 Å². The number of rotatable bonds is 5. The van der Waals surface area contributed by atoms with Crippen molar-refractivity contribution in [3.8, 4) is 0 Å². The number of likely N-dealkylation sites (tertiary alicyclic amines) is 1. The second kappa shape index (κ2) is 6.52. The summed E-state index contributed by atoms with van der Waals surface area (Å²) in [5.74, 6) is -0.457. The molecule has 0 bridgehead atoms. The van der Waals surface area contributed by atoms with Crippen LogP contribution in [0.4, 0.5) is 5.69 Å². The molecule has 1 aliphatic heterocycles. The number of hydrogen-bond acceptors (Lipinski definition) is 3. The van der Waals surface area contributed by atoms with E-state index in [0.29, 0.717) is 23.7 Å². The Morgan fingerprint density at radius 2 is 1.95 bits per heavy atom. The molecule has 1 fully saturated rings. The van der Waals surface area contributed by atoms with Gasteiger partial charge in [-0.1, -0.05) is 17.7 Å². The third-order valence-corrected chi connectivity index (χ3v) is 3.28. The normalized spacial score (nSPS) is 14.8. The zero-order valence-electron chi connectivity index (χ0n) is 10.9. The molecule has 0 saturated carbocycles. The third-order valence-electron chi connectivity index (χ3n) is 3.05. The molecule has 3 amide bonds. The van der Waals surface area contributed by atoms with Gasteiger partial charge in [-0.3, -0.25) is 19.3 Å². The SMILES string of the molecule is O=C(CCCN1C(=O)CCC1=O)Nc1cccc(Cl)c1. The predicted octanol–water partition coefficient (Wildman–Crippen LogP) is 2.21. The van der Waals surface area contributed by atoms with Gasteiger partial charge >= 0.3 is 0 Å². The minimum absolute atomic E-state index is 0.148. The minimum atomic E-state index is -0.161. The van der Waals surface area contributed by atoms with E-state index in [2.05, 4.69) is 5.32 Å². The van der Waals surface area contributed by atoms with Crippen molar-refractivity contribution in [3.63, 3.8) is 0 Å². The molecule has 2 rings (SSSR count). The smallest absolute Gasteiger partial charge is 0.229 e. The van der Waals surface area contributed by atoms with Gasteiger partial charge in [-0.2, -0.15) is 0 Å². The fourth-order valence-corrected chi connectivity index (χ4v) is 2.25. The summed E-state index contributed by atoms with van der Waals surface area (Å²) in [6, 6.07) is 6.88. The van der Waals surface area contributed by atoms with Crippen LogP contribution in [0, 0.1) is 0 Å². The highest BCUT2D eigenvalue weighted by Crippen LogP contribution is 2.16. The number of nitrogens with one attached hydrogen (secondary N) is 1. The molecule has 1 N–H and O–H groups in total. The average Bonchev–Trinajstić information content (AvgIpc) is 2.70. The molecule has 0 unspecified atom stereocenters. The zero-order chi connectivity index (χ0) is 14.5. The molecular formula is C14H15ClN2O3. The number of halogens is 1. The Hall–Kier alpha value is -1.88. The molecule has 1 heterocycles. The van der Waals surface area contributed by atoms with Gasteiger partial charge in [-0.05, 0) is 24.6 Å². The highest BCUT2D eigenvalue weighted by atomic mass is 35.5. The van der Waals surface area contributed by atoms with E-state index in [1.54, 1.807) is 24.3 Å². The van der Waals surface area contributed by atoms with Gasteiger partial charge in [0, 0.05) is 36.5 Å². The first-order chi connectivity index (χ1) is 9.56. The van der Waals surface area contributed by atoms with E-state index in [1.165, 1.54) is 4.90 Å². The van der Waals surface area contributed by atoms with Crippen LogP contribution in [-0.2, 0) is 14.4 Å². The lowest BCUT2D eigenvalue weighted by Gasteiger charge is -2.13. The van der Waals surface area contributed by atoms with Crippen LogP contribution in [0.1, 0.15) is 25.7 Å². The van der Waals surface area contributed by atoms with Gasteiger partial charge in [0.15, 0.2) is 0 Å². The molecule has 5 nitrogen and oxygen atoms in total. The predicted molar refractivity (Wildman–Crippen MR) is 75.3 cm³/mol. The third kappa shape index (κ3) is 3.81. The molecular weight excluding hydrogens is 280 g/mol. The van der Waals surface area contributed by atoms with Crippen LogP contribution >= 0.6 is 11.6 Å². The lowest BCUT2D eigenvalue weighted by molar-refractivity contribution is -0.138. The Balaban J connectivity index is 1.75. The Morgan fingerprint density at radius 3 is 2.60 bits per heavy atom. The summed E-state index contributed by atoms with van der Waals surface area (Å²) in [4.78, 5) is 35.7. The van der Waals surface area contributed by atoms with Crippen LogP contribution in [0.2, 0.25) is 5.02 Å². The summed E-state index contributed by atoms with van der Waals surface area (Å²) >= 11 is 5.82. The van der Waals surface area contributed by atoms with Crippen LogP contribution in [0.15, 0.2) is 24.3 Å². The van der Waals surface area contributed by atoms with Crippen molar-refractivity contribution in [2.75, 3.05) is 11.9 Å². The Kier molecular flexibility index (Phi) is 4.74. The molecule has 0 aliphatic carbocycles. The van der Waals surface area contributed by atoms with Gasteiger partial charge < -0.3 is 5.32 Å². The number of anilines is 1. The van der Waals surface area contributed by atoms with Crippen LogP contribution in [0.25, 0.3) is 0 Å². The van der Waals surface area contributed by atoms with E-state index in [1.807, 2.05) is 0 Å². The van der Waals surface area contributed by atoms with Crippen LogP contribution in [0.3, 0.4) is 0 Å². The lowest BCUT2D eigenvalue weighted by atomic mass is 10.2. The summed E-state index contributed by atoms with van der Waals surface area (Å²) in [6.07, 6.45) is 1.29. The highest BCUT2D eigenvalue weighted by Gasteiger charge is 2.28. The van der Waals surface area contributed by atoms with Crippen molar-refractivity contribution in [1.82, 2.24) is 4.90 Å². The second-order valence-corrected chi connectivity index (χ2v) is 5.04. The lowest BCUT2D eigenvalue weighted by Crippen LogP contribution is -2.30. The Morgan fingerprint density at radius 1 is 1.25 bits per heavy atom. The molecule has 0 aromatic heterocycles. The number of hydrogen-bond donors (Lipinski definition) is 1. The van der Waals surface area contributed by atoms with E-state index in [9.17, 15) is 14.4 Å². The standard InChI is InChI=1S/C14H15ClN2O3/c15-10-3-1-4-11(9-10)16-12(18)5-2-8-17-13(19)6-7-14(17)20/h1,3-4,9H,2,5-8H2,(H,16,18). The molecule has 106 valence electrons. The summed E-state index contributed by atoms with van der Waals surface area (Å²) in [6.45, 7) is 0.306. The Bertz CT molecular complexity index is 529. The first-order valence-corrected chi connectivity index (χ1v) is 6.82. The quantitative estimate of drug-likeness (QED) is 0.847. The first kappa shape index (κ1) is 14.5. The fraction of sp³-hybridized carbons (Fsp3) is 0.357. The summed E-state index contributed by atoms with van der Waals surface area (Å²) < 4.78 is 0. The molecule has 6 heteroatoms. The summed E-state index contributed by atoms with van der Waals surface area (Å²) in [5.41, 5.74) is 0.635. The number of carbonyl (C=O) groups is 3. The maximum atomic E-state index is 11.7. The highest BCUT2D eigenvalue weighted by molar-refractivity contribution is 6.30. The van der Waals surface area contributed by atoms with E-state index < -0.39 is 0 Å². The van der Waals surface area contributed by atoms with E-state index >= 15 is 0 Å². The fourth-order valence-electron chi connectivity index (χ4n) is 2.06. The molecule has 0 spiro atoms. The molecule has 1 aromatic carbocycles. The van der Waals surface area contributed by atoms with Crippen LogP contribution in [0.5, 0.6) is 0 Å². The monoisotopic (exact) mass is 294 g/mol.